The second-order valence-electron chi connectivity index (χ2n) is 4.30. The quantitative estimate of drug-likeness (QED) is 0.775. The predicted octanol–water partition coefficient (Wildman–Crippen LogP) is 2.02. The Morgan fingerprint density at radius 3 is 2.61 bits per heavy atom. The van der Waals surface area contributed by atoms with Gasteiger partial charge in [0.2, 0.25) is 5.91 Å². The van der Waals surface area contributed by atoms with Crippen molar-refractivity contribution in [2.45, 2.75) is 26.3 Å². The van der Waals surface area contributed by atoms with Crippen molar-refractivity contribution < 1.29 is 14.3 Å². The third-order valence-corrected chi connectivity index (χ3v) is 2.67. The summed E-state index contributed by atoms with van der Waals surface area (Å²) in [6.07, 6.45) is 0.580. The molecule has 98 valence electrons. The minimum Gasteiger partial charge on any atom is -0.497 e. The van der Waals surface area contributed by atoms with Crippen LogP contribution in [0.5, 0.6) is 5.75 Å². The fraction of sp³-hybridized carbons (Fsp3) is 0.429. The van der Waals surface area contributed by atoms with Gasteiger partial charge in [-0.3, -0.25) is 4.79 Å². The van der Waals surface area contributed by atoms with Gasteiger partial charge in [0.25, 0.3) is 0 Å². The van der Waals surface area contributed by atoms with E-state index in [0.717, 1.165) is 11.3 Å². The van der Waals surface area contributed by atoms with Gasteiger partial charge in [0.15, 0.2) is 0 Å². The Morgan fingerprint density at radius 2 is 2.00 bits per heavy atom. The lowest BCUT2D eigenvalue weighted by atomic mass is 10.2. The van der Waals surface area contributed by atoms with E-state index in [2.05, 4.69) is 0 Å². The zero-order valence-electron chi connectivity index (χ0n) is 11.1. The summed E-state index contributed by atoms with van der Waals surface area (Å²) in [5.74, 6) is 0.795. The molecule has 0 spiro atoms. The van der Waals surface area contributed by atoms with Crippen LogP contribution in [0.3, 0.4) is 0 Å². The van der Waals surface area contributed by atoms with E-state index in [0.29, 0.717) is 13.0 Å². The minimum atomic E-state index is -0.0204. The summed E-state index contributed by atoms with van der Waals surface area (Å²) in [7, 11) is 3.35. The maximum absolute atomic E-state index is 11.7. The second-order valence-corrected chi connectivity index (χ2v) is 4.30. The van der Waals surface area contributed by atoms with Crippen LogP contribution in [-0.2, 0) is 16.1 Å². The molecular formula is C14H19NO3. The van der Waals surface area contributed by atoms with Crippen molar-refractivity contribution in [3.63, 3.8) is 0 Å². The highest BCUT2D eigenvalue weighted by molar-refractivity contribution is 5.83. The van der Waals surface area contributed by atoms with Crippen LogP contribution < -0.4 is 4.74 Å². The molecule has 18 heavy (non-hydrogen) atoms. The number of ether oxygens (including phenoxy) is 1. The Bertz CT molecular complexity index is 429. The van der Waals surface area contributed by atoms with Crippen molar-refractivity contribution in [1.82, 2.24) is 4.90 Å². The Labute approximate surface area is 108 Å². The van der Waals surface area contributed by atoms with Gasteiger partial charge in [-0.05, 0) is 24.6 Å². The van der Waals surface area contributed by atoms with E-state index >= 15 is 0 Å². The highest BCUT2D eigenvalue weighted by Crippen LogP contribution is 2.14. The normalized spacial score (nSPS) is 9.94. The molecule has 0 saturated heterocycles. The number of carbonyl (C=O) groups excluding carboxylic acids is 2. The van der Waals surface area contributed by atoms with E-state index in [4.69, 9.17) is 4.74 Å². The van der Waals surface area contributed by atoms with Crippen LogP contribution in [0.4, 0.5) is 0 Å². The third kappa shape index (κ3) is 4.57. The predicted molar refractivity (Wildman–Crippen MR) is 69.4 cm³/mol. The van der Waals surface area contributed by atoms with Crippen molar-refractivity contribution >= 4 is 11.7 Å². The molecule has 0 saturated carbocycles. The van der Waals surface area contributed by atoms with Crippen molar-refractivity contribution in [2.24, 2.45) is 0 Å². The van der Waals surface area contributed by atoms with Gasteiger partial charge in [-0.25, -0.2) is 0 Å². The molecule has 1 rings (SSSR count). The maximum Gasteiger partial charge on any atom is 0.223 e. The summed E-state index contributed by atoms with van der Waals surface area (Å²) < 4.78 is 5.13. The Kier molecular flexibility index (Phi) is 5.36. The molecule has 0 bridgehead atoms. The number of nitrogens with zero attached hydrogens (tertiary/aromatic N) is 1. The molecule has 0 N–H and O–H groups in total. The Morgan fingerprint density at radius 1 is 1.28 bits per heavy atom. The Balaban J connectivity index is 2.54. The highest BCUT2D eigenvalue weighted by Gasteiger charge is 2.10. The zero-order chi connectivity index (χ0) is 13.5. The van der Waals surface area contributed by atoms with Gasteiger partial charge >= 0.3 is 0 Å². The number of benzene rings is 1. The van der Waals surface area contributed by atoms with E-state index in [9.17, 15) is 9.59 Å². The molecule has 1 amide bonds. The van der Waals surface area contributed by atoms with Gasteiger partial charge in [-0.1, -0.05) is 12.1 Å². The van der Waals surface area contributed by atoms with E-state index in [1.807, 2.05) is 24.3 Å². The molecule has 0 heterocycles. The monoisotopic (exact) mass is 249 g/mol. The Hall–Kier alpha value is -1.84. The van der Waals surface area contributed by atoms with Crippen LogP contribution in [-0.4, -0.2) is 30.7 Å². The maximum atomic E-state index is 11.7. The van der Waals surface area contributed by atoms with Crippen LogP contribution in [0.15, 0.2) is 24.3 Å². The number of hydrogen-bond acceptors (Lipinski definition) is 3. The highest BCUT2D eigenvalue weighted by atomic mass is 16.5. The number of amides is 1. The van der Waals surface area contributed by atoms with E-state index in [1.54, 1.807) is 19.1 Å². The zero-order valence-corrected chi connectivity index (χ0v) is 11.1. The second kappa shape index (κ2) is 6.79. The summed E-state index contributed by atoms with van der Waals surface area (Å²) in [6.45, 7) is 2.02. The van der Waals surface area contributed by atoms with Gasteiger partial charge < -0.3 is 14.4 Å². The fourth-order valence-corrected chi connectivity index (χ4v) is 1.61. The van der Waals surface area contributed by atoms with Crippen LogP contribution in [0.1, 0.15) is 25.3 Å². The third-order valence-electron chi connectivity index (χ3n) is 2.67. The topological polar surface area (TPSA) is 46.6 Å². The summed E-state index contributed by atoms with van der Waals surface area (Å²) in [5, 5.41) is 0. The van der Waals surface area contributed by atoms with Gasteiger partial charge in [-0.15, -0.1) is 0 Å². The first-order valence-electron chi connectivity index (χ1n) is 5.89. The van der Waals surface area contributed by atoms with Crippen molar-refractivity contribution in [3.05, 3.63) is 29.8 Å². The van der Waals surface area contributed by atoms with Gasteiger partial charge in [0, 0.05) is 26.4 Å². The molecule has 0 aromatic heterocycles. The summed E-state index contributed by atoms with van der Waals surface area (Å²) >= 11 is 0. The summed E-state index contributed by atoms with van der Waals surface area (Å²) in [5.41, 5.74) is 1.01. The molecule has 4 nitrogen and oxygen atoms in total. The standard InChI is InChI=1S/C14H19NO3/c1-11(16)7-8-14(17)15(2)10-12-5-4-6-13(9-12)18-3/h4-6,9H,7-8,10H2,1-3H3. The molecule has 0 unspecified atom stereocenters. The molecule has 0 aliphatic carbocycles. The number of ketones is 1. The smallest absolute Gasteiger partial charge is 0.223 e. The summed E-state index contributed by atoms with van der Waals surface area (Å²) in [4.78, 5) is 24.2. The van der Waals surface area contributed by atoms with Crippen LogP contribution in [0.25, 0.3) is 0 Å². The molecule has 1 aromatic rings. The lowest BCUT2D eigenvalue weighted by Gasteiger charge is -2.17. The van der Waals surface area contributed by atoms with Gasteiger partial charge in [0.1, 0.15) is 11.5 Å². The number of carbonyl (C=O) groups is 2. The van der Waals surface area contributed by atoms with Crippen molar-refractivity contribution in [3.8, 4) is 5.75 Å². The minimum absolute atomic E-state index is 0.0204. The molecule has 0 aliphatic rings. The molecule has 0 aliphatic heterocycles. The molecule has 4 heteroatoms. The lowest BCUT2D eigenvalue weighted by Crippen LogP contribution is -2.26. The average Bonchev–Trinajstić information content (AvgIpc) is 2.36. The average molecular weight is 249 g/mol. The number of hydrogen-bond donors (Lipinski definition) is 0. The number of Topliss-reactive ketones (excluding diaryl/α,β-unsaturated/α-hetero) is 1. The number of methoxy groups -OCH3 is 1. The van der Waals surface area contributed by atoms with Crippen LogP contribution in [0, 0.1) is 0 Å². The fourth-order valence-electron chi connectivity index (χ4n) is 1.61. The van der Waals surface area contributed by atoms with Crippen LogP contribution in [0.2, 0.25) is 0 Å². The first-order valence-corrected chi connectivity index (χ1v) is 5.89. The summed E-state index contributed by atoms with van der Waals surface area (Å²) in [6, 6.07) is 7.59. The van der Waals surface area contributed by atoms with Gasteiger partial charge in [0.05, 0.1) is 7.11 Å². The first-order chi connectivity index (χ1) is 8.52. The van der Waals surface area contributed by atoms with E-state index < -0.39 is 0 Å². The molecule has 0 atom stereocenters. The van der Waals surface area contributed by atoms with Crippen LogP contribution >= 0.6 is 0 Å². The van der Waals surface area contributed by atoms with Gasteiger partial charge in [-0.2, -0.15) is 0 Å². The SMILES string of the molecule is COc1cccc(CN(C)C(=O)CCC(C)=O)c1. The number of rotatable bonds is 6. The molecule has 1 aromatic carbocycles. The molecule has 0 fully saturated rings. The molecule has 0 radical (unpaired) electrons. The molecular weight excluding hydrogens is 230 g/mol. The first kappa shape index (κ1) is 14.2. The van der Waals surface area contributed by atoms with Crippen molar-refractivity contribution in [2.75, 3.05) is 14.2 Å². The van der Waals surface area contributed by atoms with E-state index in [1.165, 1.54) is 6.92 Å². The van der Waals surface area contributed by atoms with E-state index in [-0.39, 0.29) is 18.1 Å². The lowest BCUT2D eigenvalue weighted by molar-refractivity contribution is -0.132. The van der Waals surface area contributed by atoms with Crippen molar-refractivity contribution in [1.29, 1.82) is 0 Å². The largest absolute Gasteiger partial charge is 0.497 e.